The van der Waals surface area contributed by atoms with E-state index in [2.05, 4.69) is 34.2 Å². The minimum atomic E-state index is -0.355. The van der Waals surface area contributed by atoms with Crippen LogP contribution in [0.2, 0.25) is 0 Å². The molecule has 0 radical (unpaired) electrons. The number of nitrogens with two attached hydrogens (primary N) is 1. The molecule has 176 valence electrons. The lowest BCUT2D eigenvalue weighted by atomic mass is 10.0. The van der Waals surface area contributed by atoms with Crippen LogP contribution in [0.5, 0.6) is 0 Å². The van der Waals surface area contributed by atoms with Crippen molar-refractivity contribution in [3.05, 3.63) is 90.0 Å². The van der Waals surface area contributed by atoms with Crippen molar-refractivity contribution in [1.29, 1.82) is 0 Å². The Labute approximate surface area is 204 Å². The minimum Gasteiger partial charge on any atom is -0.369 e. The van der Waals surface area contributed by atoms with Gasteiger partial charge in [-0.25, -0.2) is 0 Å². The first-order valence-corrected chi connectivity index (χ1v) is 11.8. The SMILES string of the molecule is C[C@@H]1CN(C(=O)c2ccccc2)CCN1c1nnc(-c2ccc(CC(N)=O)cc2)c2ccccc12. The Morgan fingerprint density at radius 1 is 0.886 bits per heavy atom. The van der Waals surface area contributed by atoms with Gasteiger partial charge in [-0.1, -0.05) is 66.7 Å². The molecule has 4 aromatic rings. The van der Waals surface area contributed by atoms with Crippen LogP contribution in [0, 0.1) is 0 Å². The van der Waals surface area contributed by atoms with Crippen LogP contribution in [0.15, 0.2) is 78.9 Å². The first-order valence-electron chi connectivity index (χ1n) is 11.8. The van der Waals surface area contributed by atoms with Gasteiger partial charge in [0.15, 0.2) is 5.82 Å². The summed E-state index contributed by atoms with van der Waals surface area (Å²) in [5.41, 5.74) is 8.62. The van der Waals surface area contributed by atoms with Gasteiger partial charge >= 0.3 is 0 Å². The molecule has 0 saturated carbocycles. The molecule has 1 aliphatic heterocycles. The molecule has 2 amide bonds. The van der Waals surface area contributed by atoms with Crippen molar-refractivity contribution in [3.8, 4) is 11.3 Å². The molecular formula is C28H27N5O2. The molecule has 3 aromatic carbocycles. The highest BCUT2D eigenvalue weighted by molar-refractivity contribution is 6.00. The van der Waals surface area contributed by atoms with E-state index < -0.39 is 0 Å². The average Bonchev–Trinajstić information content (AvgIpc) is 2.88. The fourth-order valence-electron chi connectivity index (χ4n) is 4.72. The molecule has 1 atom stereocenters. The van der Waals surface area contributed by atoms with E-state index in [0.29, 0.717) is 25.2 Å². The van der Waals surface area contributed by atoms with Gasteiger partial charge < -0.3 is 15.5 Å². The lowest BCUT2D eigenvalue weighted by molar-refractivity contribution is -0.117. The molecule has 1 aliphatic rings. The summed E-state index contributed by atoms with van der Waals surface area (Å²) in [4.78, 5) is 28.3. The van der Waals surface area contributed by atoms with E-state index in [4.69, 9.17) is 5.73 Å². The molecule has 2 heterocycles. The highest BCUT2D eigenvalue weighted by Crippen LogP contribution is 2.33. The zero-order chi connectivity index (χ0) is 24.4. The molecule has 1 fully saturated rings. The molecule has 0 aliphatic carbocycles. The third-order valence-electron chi connectivity index (χ3n) is 6.48. The van der Waals surface area contributed by atoms with E-state index >= 15 is 0 Å². The van der Waals surface area contributed by atoms with E-state index in [1.807, 2.05) is 71.6 Å². The predicted octanol–water partition coefficient (Wildman–Crippen LogP) is 3.68. The summed E-state index contributed by atoms with van der Waals surface area (Å²) in [6, 6.07) is 25.3. The number of primary amides is 1. The number of hydrogen-bond acceptors (Lipinski definition) is 5. The maximum atomic E-state index is 12.9. The molecule has 1 aromatic heterocycles. The molecule has 7 nitrogen and oxygen atoms in total. The Morgan fingerprint density at radius 2 is 1.57 bits per heavy atom. The van der Waals surface area contributed by atoms with Crippen LogP contribution in [-0.4, -0.2) is 52.6 Å². The first-order chi connectivity index (χ1) is 17.0. The smallest absolute Gasteiger partial charge is 0.253 e. The Hall–Kier alpha value is -4.26. The van der Waals surface area contributed by atoms with Gasteiger partial charge in [0, 0.05) is 47.6 Å². The first kappa shape index (κ1) is 22.5. The number of benzene rings is 3. The quantitative estimate of drug-likeness (QED) is 0.485. The average molecular weight is 466 g/mol. The van der Waals surface area contributed by atoms with Gasteiger partial charge in [0.05, 0.1) is 6.42 Å². The van der Waals surface area contributed by atoms with Crippen LogP contribution in [-0.2, 0) is 11.2 Å². The third kappa shape index (κ3) is 4.57. The van der Waals surface area contributed by atoms with Crippen LogP contribution in [0.4, 0.5) is 5.82 Å². The Balaban J connectivity index is 1.42. The van der Waals surface area contributed by atoms with Gasteiger partial charge in [-0.2, -0.15) is 0 Å². The zero-order valence-electron chi connectivity index (χ0n) is 19.6. The number of carbonyl (C=O) groups excluding carboxylic acids is 2. The predicted molar refractivity (Wildman–Crippen MR) is 137 cm³/mol. The number of amides is 2. The zero-order valence-corrected chi connectivity index (χ0v) is 19.6. The number of piperazine rings is 1. The number of hydrogen-bond donors (Lipinski definition) is 1. The molecule has 5 rings (SSSR count). The van der Waals surface area contributed by atoms with Crippen molar-refractivity contribution in [2.24, 2.45) is 5.73 Å². The van der Waals surface area contributed by atoms with E-state index in [-0.39, 0.29) is 24.3 Å². The maximum absolute atomic E-state index is 12.9. The Morgan fingerprint density at radius 3 is 2.26 bits per heavy atom. The van der Waals surface area contributed by atoms with Crippen LogP contribution in [0.25, 0.3) is 22.0 Å². The summed E-state index contributed by atoms with van der Waals surface area (Å²) in [6.07, 6.45) is 0.211. The summed E-state index contributed by atoms with van der Waals surface area (Å²) in [7, 11) is 0. The summed E-state index contributed by atoms with van der Waals surface area (Å²) in [5, 5.41) is 11.3. The van der Waals surface area contributed by atoms with Crippen LogP contribution in [0.1, 0.15) is 22.8 Å². The molecule has 1 saturated heterocycles. The highest BCUT2D eigenvalue weighted by Gasteiger charge is 2.29. The molecule has 0 bridgehead atoms. The maximum Gasteiger partial charge on any atom is 0.253 e. The largest absolute Gasteiger partial charge is 0.369 e. The molecule has 0 spiro atoms. The Kier molecular flexibility index (Phi) is 6.14. The lowest BCUT2D eigenvalue weighted by Gasteiger charge is -2.40. The fourth-order valence-corrected chi connectivity index (χ4v) is 4.72. The molecule has 7 heteroatoms. The van der Waals surface area contributed by atoms with Gasteiger partial charge in [0.2, 0.25) is 5.91 Å². The molecule has 35 heavy (non-hydrogen) atoms. The van der Waals surface area contributed by atoms with Gasteiger partial charge in [-0.05, 0) is 24.6 Å². The lowest BCUT2D eigenvalue weighted by Crippen LogP contribution is -2.54. The normalized spacial score (nSPS) is 15.9. The van der Waals surface area contributed by atoms with Gasteiger partial charge in [0.25, 0.3) is 5.91 Å². The van der Waals surface area contributed by atoms with Crippen molar-refractivity contribution in [1.82, 2.24) is 15.1 Å². The van der Waals surface area contributed by atoms with Crippen molar-refractivity contribution < 1.29 is 9.59 Å². The van der Waals surface area contributed by atoms with Crippen molar-refractivity contribution in [3.63, 3.8) is 0 Å². The van der Waals surface area contributed by atoms with E-state index in [0.717, 1.165) is 33.4 Å². The second kappa shape index (κ2) is 9.54. The molecule has 0 unspecified atom stereocenters. The van der Waals surface area contributed by atoms with Gasteiger partial charge in [-0.15, -0.1) is 10.2 Å². The monoisotopic (exact) mass is 465 g/mol. The van der Waals surface area contributed by atoms with Crippen LogP contribution < -0.4 is 10.6 Å². The van der Waals surface area contributed by atoms with E-state index in [1.54, 1.807) is 0 Å². The van der Waals surface area contributed by atoms with Crippen molar-refractivity contribution in [2.45, 2.75) is 19.4 Å². The summed E-state index contributed by atoms with van der Waals surface area (Å²) in [5.74, 6) is 0.532. The number of nitrogens with zero attached hydrogens (tertiary/aromatic N) is 4. The number of aromatic nitrogens is 2. The number of fused-ring (bicyclic) bond motifs is 1. The van der Waals surface area contributed by atoms with E-state index in [1.165, 1.54) is 0 Å². The fraction of sp³-hybridized carbons (Fsp3) is 0.214. The highest BCUT2D eigenvalue weighted by atomic mass is 16.2. The van der Waals surface area contributed by atoms with Crippen LogP contribution in [0.3, 0.4) is 0 Å². The third-order valence-corrected chi connectivity index (χ3v) is 6.48. The van der Waals surface area contributed by atoms with Gasteiger partial charge in [-0.3, -0.25) is 9.59 Å². The van der Waals surface area contributed by atoms with Crippen molar-refractivity contribution in [2.75, 3.05) is 24.5 Å². The standard InChI is InChI=1S/C28H27N5O2/c1-19-18-32(28(35)22-7-3-2-4-8-22)15-16-33(19)27-24-10-6-5-9-23(24)26(30-31-27)21-13-11-20(12-14-21)17-25(29)34/h2-14,19H,15-18H2,1H3,(H2,29,34)/t19-/m1/s1. The minimum absolute atomic E-state index is 0.0585. The van der Waals surface area contributed by atoms with Gasteiger partial charge in [0.1, 0.15) is 5.69 Å². The number of rotatable bonds is 5. The number of carbonyl (C=O) groups is 2. The Bertz CT molecular complexity index is 1370. The molecular weight excluding hydrogens is 438 g/mol. The summed E-state index contributed by atoms with van der Waals surface area (Å²) in [6.45, 7) is 4.04. The molecule has 2 N–H and O–H groups in total. The van der Waals surface area contributed by atoms with Crippen LogP contribution >= 0.6 is 0 Å². The summed E-state index contributed by atoms with van der Waals surface area (Å²) < 4.78 is 0. The number of anilines is 1. The van der Waals surface area contributed by atoms with E-state index in [9.17, 15) is 9.59 Å². The van der Waals surface area contributed by atoms with Crippen molar-refractivity contribution >= 4 is 28.4 Å². The second-order valence-corrected chi connectivity index (χ2v) is 8.92. The topological polar surface area (TPSA) is 92.4 Å². The summed E-state index contributed by atoms with van der Waals surface area (Å²) >= 11 is 0. The second-order valence-electron chi connectivity index (χ2n) is 8.92.